The summed E-state index contributed by atoms with van der Waals surface area (Å²) in [5.41, 5.74) is 0.00963. The Morgan fingerprint density at radius 1 is 1.43 bits per heavy atom. The van der Waals surface area contributed by atoms with Gasteiger partial charge in [-0.25, -0.2) is 13.6 Å². The molecule has 1 N–H and O–H groups in total. The molecule has 6 nitrogen and oxygen atoms in total. The van der Waals surface area contributed by atoms with Gasteiger partial charge in [-0.1, -0.05) is 0 Å². The molecule has 0 aliphatic carbocycles. The molecular weight excluding hydrogens is 396 g/mol. The Morgan fingerprint density at radius 3 is 2.83 bits per heavy atom. The molecule has 0 saturated carbocycles. The van der Waals surface area contributed by atoms with E-state index in [2.05, 4.69) is 36.2 Å². The normalized spacial score (nSPS) is 18.0. The minimum absolute atomic E-state index is 0.00963. The van der Waals surface area contributed by atoms with E-state index < -0.39 is 23.5 Å². The summed E-state index contributed by atoms with van der Waals surface area (Å²) in [6.45, 7) is 0. The van der Waals surface area contributed by atoms with Crippen LogP contribution >= 0.6 is 27.7 Å². The number of halogens is 3. The van der Waals surface area contributed by atoms with Crippen LogP contribution in [0.25, 0.3) is 0 Å². The van der Waals surface area contributed by atoms with Crippen molar-refractivity contribution in [1.82, 2.24) is 5.32 Å². The molecule has 1 saturated heterocycles. The molecule has 0 aromatic heterocycles. The fourth-order valence-electron chi connectivity index (χ4n) is 1.46. The van der Waals surface area contributed by atoms with Gasteiger partial charge in [-0.2, -0.15) is 5.10 Å². The third-order valence-corrected chi connectivity index (χ3v) is 4.04. The van der Waals surface area contributed by atoms with Crippen LogP contribution in [0.4, 0.5) is 8.78 Å². The van der Waals surface area contributed by atoms with Crippen LogP contribution in [0, 0.1) is 11.6 Å². The summed E-state index contributed by atoms with van der Waals surface area (Å²) in [5, 5.41) is 9.82. The molecule has 1 aliphatic heterocycles. The van der Waals surface area contributed by atoms with Crippen LogP contribution in [0.5, 0.6) is 0 Å². The molecule has 1 heterocycles. The molecule has 120 valence electrons. The van der Waals surface area contributed by atoms with Gasteiger partial charge in [0.1, 0.15) is 11.6 Å². The molecule has 23 heavy (non-hydrogen) atoms. The van der Waals surface area contributed by atoms with Gasteiger partial charge in [0.2, 0.25) is 0 Å². The van der Waals surface area contributed by atoms with Crippen molar-refractivity contribution in [3.63, 3.8) is 0 Å². The topological polar surface area (TPSA) is 80.1 Å². The maximum Gasteiger partial charge on any atom is 0.331 e. The zero-order valence-corrected chi connectivity index (χ0v) is 13.9. The summed E-state index contributed by atoms with van der Waals surface area (Å²) < 4.78 is 31.1. The van der Waals surface area contributed by atoms with Gasteiger partial charge in [0.25, 0.3) is 5.91 Å². The van der Waals surface area contributed by atoms with Gasteiger partial charge < -0.3 is 4.74 Å². The first-order valence-corrected chi connectivity index (χ1v) is 7.56. The van der Waals surface area contributed by atoms with Crippen molar-refractivity contribution in [2.45, 2.75) is 0 Å². The number of nitrogens with zero attached hydrogens (tertiary/aromatic N) is 2. The van der Waals surface area contributed by atoms with Crippen molar-refractivity contribution < 1.29 is 23.1 Å². The van der Waals surface area contributed by atoms with Gasteiger partial charge in [-0.15, -0.1) is 5.10 Å². The Morgan fingerprint density at radius 2 is 2.17 bits per heavy atom. The minimum atomic E-state index is -0.810. The van der Waals surface area contributed by atoms with Crippen LogP contribution in [-0.2, 0) is 14.3 Å². The second-order valence-corrected chi connectivity index (χ2v) is 5.91. The summed E-state index contributed by atoms with van der Waals surface area (Å²) in [7, 11) is 1.19. The zero-order chi connectivity index (χ0) is 17.0. The number of esters is 1. The van der Waals surface area contributed by atoms with Crippen LogP contribution in [0.2, 0.25) is 0 Å². The summed E-state index contributed by atoms with van der Waals surface area (Å²) in [6, 6.07) is 1.80. The highest BCUT2D eigenvalue weighted by Gasteiger charge is 2.25. The lowest BCUT2D eigenvalue weighted by atomic mass is 10.2. The number of nitrogens with one attached hydrogen (secondary N) is 1. The molecule has 1 aliphatic rings. The van der Waals surface area contributed by atoms with Gasteiger partial charge in [-0.05, 0) is 33.8 Å². The fourth-order valence-corrected chi connectivity index (χ4v) is 2.71. The van der Waals surface area contributed by atoms with Crippen molar-refractivity contribution in [3.05, 3.63) is 44.8 Å². The number of thioether (sulfide) groups is 1. The average Bonchev–Trinajstić information content (AvgIpc) is 2.81. The monoisotopic (exact) mass is 403 g/mol. The van der Waals surface area contributed by atoms with Gasteiger partial charge in [0.05, 0.1) is 18.2 Å². The highest BCUT2D eigenvalue weighted by molar-refractivity contribution is 9.10. The van der Waals surface area contributed by atoms with Crippen molar-refractivity contribution >= 4 is 51.0 Å². The Bertz CT molecular complexity index is 742. The number of rotatable bonds is 3. The predicted octanol–water partition coefficient (Wildman–Crippen LogP) is 2.34. The predicted molar refractivity (Wildman–Crippen MR) is 84.9 cm³/mol. The highest BCUT2D eigenvalue weighted by atomic mass is 79.9. The number of carbonyl (C=O) groups excluding carboxylic acids is 2. The van der Waals surface area contributed by atoms with E-state index >= 15 is 0 Å². The third-order valence-electron chi connectivity index (χ3n) is 2.48. The lowest BCUT2D eigenvalue weighted by Gasteiger charge is -1.99. The van der Waals surface area contributed by atoms with Crippen LogP contribution in [0.1, 0.15) is 5.56 Å². The van der Waals surface area contributed by atoms with Gasteiger partial charge in [0.15, 0.2) is 5.17 Å². The van der Waals surface area contributed by atoms with E-state index in [4.69, 9.17) is 0 Å². The molecule has 2 rings (SSSR count). The molecule has 0 bridgehead atoms. The Balaban J connectivity index is 2.14. The summed E-state index contributed by atoms with van der Waals surface area (Å²) in [4.78, 5) is 22.7. The second kappa shape index (κ2) is 7.47. The average molecular weight is 404 g/mol. The molecule has 10 heteroatoms. The standard InChI is InChI=1S/C13H8BrF2N3O3S/c1-22-11(20)4-10-12(21)18-13(23-10)19-17-5-7-8(14)2-6(15)3-9(7)16/h2-5H,1H3,(H,18,19,21)/b10-4+,17-5?. The first kappa shape index (κ1) is 17.3. The molecule has 1 amide bonds. The molecule has 0 atom stereocenters. The Hall–Kier alpha value is -2.07. The van der Waals surface area contributed by atoms with Crippen LogP contribution < -0.4 is 5.32 Å². The number of methoxy groups -OCH3 is 1. The molecule has 1 fully saturated rings. The maximum absolute atomic E-state index is 13.6. The smallest absolute Gasteiger partial charge is 0.331 e. The van der Waals surface area contributed by atoms with E-state index in [1.165, 1.54) is 7.11 Å². The second-order valence-electron chi connectivity index (χ2n) is 4.02. The number of amidine groups is 1. The number of ether oxygens (including phenoxy) is 1. The fraction of sp³-hybridized carbons (Fsp3) is 0.0769. The molecule has 1 aromatic rings. The summed E-state index contributed by atoms with van der Waals surface area (Å²) in [5.74, 6) is -2.74. The zero-order valence-electron chi connectivity index (χ0n) is 11.5. The number of carbonyl (C=O) groups is 2. The van der Waals surface area contributed by atoms with E-state index in [1.807, 2.05) is 0 Å². The van der Waals surface area contributed by atoms with Crippen molar-refractivity contribution in [2.75, 3.05) is 7.11 Å². The molecular formula is C13H8BrF2N3O3S. The third kappa shape index (κ3) is 4.45. The number of benzene rings is 1. The van der Waals surface area contributed by atoms with Crippen molar-refractivity contribution in [2.24, 2.45) is 10.2 Å². The number of hydrogen-bond acceptors (Lipinski definition) is 6. The van der Waals surface area contributed by atoms with Gasteiger partial charge in [-0.3, -0.25) is 10.1 Å². The van der Waals surface area contributed by atoms with Crippen LogP contribution in [0.3, 0.4) is 0 Å². The van der Waals surface area contributed by atoms with Crippen molar-refractivity contribution in [1.29, 1.82) is 0 Å². The highest BCUT2D eigenvalue weighted by Crippen LogP contribution is 2.24. The molecule has 0 spiro atoms. The van der Waals surface area contributed by atoms with E-state index in [0.717, 1.165) is 30.1 Å². The molecule has 0 radical (unpaired) electrons. The van der Waals surface area contributed by atoms with Crippen LogP contribution in [0.15, 0.2) is 37.8 Å². The van der Waals surface area contributed by atoms with Crippen molar-refractivity contribution in [3.8, 4) is 0 Å². The lowest BCUT2D eigenvalue weighted by Crippen LogP contribution is -2.19. The number of amides is 1. The number of hydrogen-bond donors (Lipinski definition) is 1. The first-order valence-electron chi connectivity index (χ1n) is 5.95. The summed E-state index contributed by atoms with van der Waals surface area (Å²) >= 11 is 3.89. The Kier molecular flexibility index (Phi) is 5.61. The largest absolute Gasteiger partial charge is 0.466 e. The van der Waals surface area contributed by atoms with E-state index in [0.29, 0.717) is 6.07 Å². The SMILES string of the molecule is COC(=O)/C=C1/S/C(=N\N=Cc2c(F)cc(F)cc2Br)NC1=O. The maximum atomic E-state index is 13.6. The van der Waals surface area contributed by atoms with Crippen LogP contribution in [-0.4, -0.2) is 30.4 Å². The quantitative estimate of drug-likeness (QED) is 0.363. The lowest BCUT2D eigenvalue weighted by molar-refractivity contribution is -0.135. The van der Waals surface area contributed by atoms with E-state index in [-0.39, 0.29) is 20.1 Å². The van der Waals surface area contributed by atoms with Gasteiger partial charge >= 0.3 is 5.97 Å². The Labute approximate surface area is 141 Å². The van der Waals surface area contributed by atoms with E-state index in [1.54, 1.807) is 0 Å². The molecule has 1 aromatic carbocycles. The van der Waals surface area contributed by atoms with E-state index in [9.17, 15) is 18.4 Å². The van der Waals surface area contributed by atoms with Gasteiger partial charge in [0, 0.05) is 22.2 Å². The summed E-state index contributed by atoms with van der Waals surface area (Å²) in [6.07, 6.45) is 2.09. The first-order chi connectivity index (χ1) is 10.9. The molecule has 0 unspecified atom stereocenters. The minimum Gasteiger partial charge on any atom is -0.466 e.